The fraction of sp³-hybridized carbons (Fsp3) is 0.308. The number of phosphoric ester groups is 1. The zero-order valence-electron chi connectivity index (χ0n) is 61.1. The van der Waals surface area contributed by atoms with Gasteiger partial charge in [-0.3, -0.25) is 28.0 Å². The van der Waals surface area contributed by atoms with Crippen molar-refractivity contribution in [1.29, 1.82) is 0 Å². The first kappa shape index (κ1) is 72.8. The Kier molecular flexibility index (Phi) is 16.7. The highest BCUT2D eigenvalue weighted by molar-refractivity contribution is 7.48. The Labute approximate surface area is 634 Å². The van der Waals surface area contributed by atoms with E-state index in [0.29, 0.717) is 34.0 Å². The van der Waals surface area contributed by atoms with Crippen LogP contribution < -0.4 is 14.2 Å². The molecule has 0 fully saturated rings. The lowest BCUT2D eigenvalue weighted by molar-refractivity contribution is -0.0535. The Bertz CT molecular complexity index is 5510. The van der Waals surface area contributed by atoms with E-state index in [-0.39, 0.29) is 137 Å². The van der Waals surface area contributed by atoms with Crippen molar-refractivity contribution in [1.82, 2.24) is 73.3 Å². The summed E-state index contributed by atoms with van der Waals surface area (Å²) in [6.07, 6.45) is 8.54. The van der Waals surface area contributed by atoms with E-state index in [1.54, 1.807) is 34.8 Å². The summed E-state index contributed by atoms with van der Waals surface area (Å²) >= 11 is 0. The molecule has 6 aliphatic rings. The summed E-state index contributed by atoms with van der Waals surface area (Å²) < 4.78 is 190. The van der Waals surface area contributed by atoms with Gasteiger partial charge in [-0.15, -0.1) is 0 Å². The molecule has 0 unspecified atom stereocenters. The monoisotopic (exact) mass is 1570 g/mol. The Morgan fingerprint density at radius 3 is 0.894 bits per heavy atom. The van der Waals surface area contributed by atoms with Crippen LogP contribution in [-0.2, 0) is 34.9 Å². The van der Waals surface area contributed by atoms with Gasteiger partial charge in [0.2, 0.25) is 0 Å². The van der Waals surface area contributed by atoms with E-state index in [1.807, 2.05) is 0 Å². The third kappa shape index (κ3) is 11.6. The minimum absolute atomic E-state index is 0.00459. The maximum Gasteiger partial charge on any atom is 0.477 e. The highest BCUT2D eigenvalue weighted by atomic mass is 31.2. The van der Waals surface area contributed by atoms with Gasteiger partial charge in [-0.05, 0) is 96.1 Å². The first-order valence-corrected chi connectivity index (χ1v) is 37.1. The highest BCUT2D eigenvalue weighted by Gasteiger charge is 2.52. The number of rotatable bonds is 18. The summed E-state index contributed by atoms with van der Waals surface area (Å²) in [6.45, 7) is -0.895. The van der Waals surface area contributed by atoms with Crippen LogP contribution in [0.2, 0.25) is 0 Å². The topological polar surface area (TPSA) is 264 Å². The van der Waals surface area contributed by atoms with Crippen LogP contribution >= 0.6 is 7.82 Å². The van der Waals surface area contributed by atoms with Crippen molar-refractivity contribution >= 4 is 58.6 Å². The second-order valence-corrected chi connectivity index (χ2v) is 31.4. The Hall–Kier alpha value is -11.7. The van der Waals surface area contributed by atoms with Gasteiger partial charge < -0.3 is 42.6 Å². The van der Waals surface area contributed by atoms with Crippen LogP contribution in [0.25, 0.3) is 66.5 Å². The molecule has 6 aromatic carbocycles. The Balaban J connectivity index is 0.674. The number of aromatic nitrogens is 12. The summed E-state index contributed by atoms with van der Waals surface area (Å²) in [6, 6.07) is 17.1. The molecule has 0 saturated carbocycles. The highest BCUT2D eigenvalue weighted by Crippen LogP contribution is 2.62. The molecule has 578 valence electrons. The fourth-order valence-corrected chi connectivity index (χ4v) is 19.0. The van der Waals surface area contributed by atoms with Gasteiger partial charge in [-0.2, -0.15) is 26.3 Å². The molecule has 113 heavy (non-hydrogen) atoms. The van der Waals surface area contributed by atoms with Gasteiger partial charge in [0.15, 0.2) is 17.5 Å². The number of phosphoric acid groups is 1. The van der Waals surface area contributed by atoms with Gasteiger partial charge in [-0.25, -0.2) is 62.6 Å². The summed E-state index contributed by atoms with van der Waals surface area (Å²) in [5, 5.41) is 0. The first-order chi connectivity index (χ1) is 53.7. The van der Waals surface area contributed by atoms with Crippen molar-refractivity contribution in [2.24, 2.45) is 0 Å². The SMILES string of the molecule is CN1C(=O)c2cccc(OC(F)F)c2[C@H]2C[C@@H]1c1nc3cc(F)c(-c4cnc(C(C)(C)OP(=O)(OC(C)(C)c5ncc(-c6cc7c(cc6F)nc6n7[C@@H]7C[C@H]6N(C)C(=O)c6cccc(OC(F)F)c67)cn5)OC(C)(C)c5ncc(-c6cc7c(cc6F)nc6n7[C@@H]7C[C@H]6N(C)C(=O)c6cccc(OC(F)F)c67)cn5)nc4)cc3n12. The predicted molar refractivity (Wildman–Crippen MR) is 384 cm³/mol. The first-order valence-electron chi connectivity index (χ1n) is 35.6. The molecule has 6 aromatic heterocycles. The number of halogens is 9. The molecule has 12 heterocycles. The van der Waals surface area contributed by atoms with Crippen LogP contribution in [0.3, 0.4) is 0 Å². The number of hydrogen-bond acceptors (Lipinski definition) is 19. The molecule has 6 atom stereocenters. The fourth-order valence-electron chi connectivity index (χ4n) is 16.9. The minimum Gasteiger partial charge on any atom is -0.434 e. The zero-order valence-corrected chi connectivity index (χ0v) is 62.0. The number of benzene rings is 6. The summed E-state index contributed by atoms with van der Waals surface area (Å²) in [7, 11) is -0.504. The number of nitrogens with zero attached hydrogens (tertiary/aromatic N) is 15. The van der Waals surface area contributed by atoms with Crippen molar-refractivity contribution < 1.29 is 86.2 Å². The lowest BCUT2D eigenvalue weighted by Gasteiger charge is -2.36. The maximum atomic E-state index is 16.6. The van der Waals surface area contributed by atoms with Crippen molar-refractivity contribution in [2.75, 3.05) is 21.1 Å². The van der Waals surface area contributed by atoms with E-state index in [9.17, 15) is 40.7 Å². The molecule has 3 amide bonds. The van der Waals surface area contributed by atoms with E-state index >= 15 is 17.7 Å². The minimum atomic E-state index is -5.24. The molecule has 6 bridgehead atoms. The van der Waals surface area contributed by atoms with Crippen LogP contribution in [0.5, 0.6) is 17.2 Å². The number of alkyl halides is 6. The van der Waals surface area contributed by atoms with Gasteiger partial charge in [0.05, 0.1) is 69.4 Å². The van der Waals surface area contributed by atoms with Crippen molar-refractivity contribution in [3.8, 4) is 50.6 Å². The average molecular weight is 1570 g/mol. The largest absolute Gasteiger partial charge is 0.477 e. The lowest BCUT2D eigenvalue weighted by Crippen LogP contribution is -2.32. The summed E-state index contributed by atoms with van der Waals surface area (Å²) in [5.41, 5.74) is -2.24. The molecule has 0 N–H and O–H groups in total. The normalized spacial score (nSPS) is 19.2. The number of carbonyl (C=O) groups excluding carboxylic acids is 3. The number of hydrogen-bond donors (Lipinski definition) is 0. The van der Waals surface area contributed by atoms with E-state index in [4.69, 9.17) is 42.7 Å². The smallest absolute Gasteiger partial charge is 0.434 e. The van der Waals surface area contributed by atoms with E-state index in [0.717, 1.165) is 0 Å². The van der Waals surface area contributed by atoms with Crippen molar-refractivity contribution in [3.63, 3.8) is 0 Å². The Morgan fingerprint density at radius 1 is 0.389 bits per heavy atom. The van der Waals surface area contributed by atoms with Gasteiger partial charge in [0.25, 0.3) is 17.7 Å². The Morgan fingerprint density at radius 2 is 0.646 bits per heavy atom. The summed E-state index contributed by atoms with van der Waals surface area (Å²) in [5.74, 6) is -3.35. The third-order valence-electron chi connectivity index (χ3n) is 22.0. The molecular formula is C78H63F9N15O10P. The second-order valence-electron chi connectivity index (χ2n) is 30.0. The van der Waals surface area contributed by atoms with Crippen LogP contribution in [0.15, 0.2) is 128 Å². The molecule has 12 aromatic rings. The van der Waals surface area contributed by atoms with Crippen molar-refractivity contribution in [3.05, 3.63) is 214 Å². The van der Waals surface area contributed by atoms with Crippen LogP contribution in [-0.4, -0.2) is 132 Å². The number of fused-ring (bicyclic) bond motifs is 27. The molecule has 18 rings (SSSR count). The lowest BCUT2D eigenvalue weighted by atomic mass is 9.97. The van der Waals surface area contributed by atoms with Crippen LogP contribution in [0.4, 0.5) is 39.5 Å². The molecule has 25 nitrogen and oxygen atoms in total. The third-order valence-corrected chi connectivity index (χ3v) is 24.1. The van der Waals surface area contributed by atoms with Gasteiger partial charge in [0, 0.05) is 163 Å². The molecule has 0 spiro atoms. The number of ether oxygens (including phenoxy) is 3. The summed E-state index contributed by atoms with van der Waals surface area (Å²) in [4.78, 5) is 87.8. The van der Waals surface area contributed by atoms with Gasteiger partial charge in [0.1, 0.15) is 69.0 Å². The molecule has 0 aliphatic carbocycles. The molecule has 0 radical (unpaired) electrons. The molecule has 35 heteroatoms. The van der Waals surface area contributed by atoms with Gasteiger partial charge >= 0.3 is 27.7 Å². The quantitative estimate of drug-likeness (QED) is 0.0571. The maximum absolute atomic E-state index is 16.6. The number of imidazole rings is 3. The second kappa shape index (κ2) is 25.9. The molecular weight excluding hydrogens is 1510 g/mol. The van der Waals surface area contributed by atoms with E-state index in [2.05, 4.69) is 29.9 Å². The predicted octanol–water partition coefficient (Wildman–Crippen LogP) is 16.0. The molecule has 0 saturated heterocycles. The van der Waals surface area contributed by atoms with Crippen molar-refractivity contribution in [2.45, 2.75) is 134 Å². The number of carbonyl (C=O) groups is 3. The van der Waals surface area contributed by atoms with E-state index < -0.39 is 116 Å². The molecule has 6 aliphatic heterocycles. The average Bonchev–Trinajstić information content (AvgIpc) is 1.53. The zero-order chi connectivity index (χ0) is 79.3. The van der Waals surface area contributed by atoms with Crippen LogP contribution in [0, 0.1) is 17.5 Å². The van der Waals surface area contributed by atoms with Crippen LogP contribution in [0.1, 0.15) is 180 Å². The van der Waals surface area contributed by atoms with Gasteiger partial charge in [-0.1, -0.05) is 18.2 Å². The van der Waals surface area contributed by atoms with E-state index in [1.165, 1.54) is 184 Å². The number of amides is 3. The standard InChI is InChI=1S/C78H63F9N15O10P/c1-76(2,70-88-28-34(29-89-70)40-19-49-46(22-43(40)79)94-64-55-25-52(100(49)64)61-37(67(103)97(55)7)13-10-16-58(61)107-73(82)83)110-113(106,111-77(3,4)71-90-30-35(31-91-71)41-20-50-47(23-44(41)80)95-65-56-26-53(101(50)65)62-38(68(104)98(56)8)14-11-17-59(62)108-74(84)85)112-78(5,6)72-92-32-36(33-93-72)42-21-51-48(24-45(42)81)96-66-57-27-54(102(51)66)63-39(69(105)99(57)9)15-12-18-60(63)109-75(86)87/h10-24,28-33,52-57,73-75H,25-27H2,1-9H3/t52-,53-,54-,55-,56-,57-/m1/s1.